The molecule has 0 unspecified atom stereocenters. The molecule has 5 nitrogen and oxygen atoms in total. The molecule has 1 aromatic heterocycles. The zero-order valence-electron chi connectivity index (χ0n) is 13.3. The second kappa shape index (κ2) is 6.96. The van der Waals surface area contributed by atoms with Crippen molar-refractivity contribution in [1.82, 2.24) is 4.98 Å². The van der Waals surface area contributed by atoms with Crippen molar-refractivity contribution in [1.29, 1.82) is 0 Å². The molecule has 3 rings (SSSR count). The summed E-state index contributed by atoms with van der Waals surface area (Å²) in [5, 5.41) is 14.3. The van der Waals surface area contributed by atoms with Gasteiger partial charge in [0, 0.05) is 17.1 Å². The van der Waals surface area contributed by atoms with Crippen molar-refractivity contribution >= 4 is 22.6 Å². The maximum atomic E-state index is 11.5. The summed E-state index contributed by atoms with van der Waals surface area (Å²) in [6.45, 7) is 0. The van der Waals surface area contributed by atoms with E-state index in [0.29, 0.717) is 11.7 Å². The number of carbonyl (C=O) groups excluding carboxylic acids is 1. The summed E-state index contributed by atoms with van der Waals surface area (Å²) in [5.74, 6) is -0.292. The van der Waals surface area contributed by atoms with Crippen LogP contribution in [0.1, 0.15) is 31.4 Å². The minimum atomic E-state index is -0.292. The number of aromatic nitrogens is 1. The van der Waals surface area contributed by atoms with E-state index < -0.39 is 0 Å². The molecular weight excluding hydrogens is 292 g/mol. The van der Waals surface area contributed by atoms with Crippen LogP contribution in [0.5, 0.6) is 0 Å². The van der Waals surface area contributed by atoms with Gasteiger partial charge in [-0.2, -0.15) is 0 Å². The summed E-state index contributed by atoms with van der Waals surface area (Å²) in [6.07, 6.45) is 3.55. The van der Waals surface area contributed by atoms with Crippen LogP contribution < -0.4 is 5.32 Å². The number of pyridine rings is 1. The second-order valence-corrected chi connectivity index (χ2v) is 6.08. The molecule has 0 spiro atoms. The van der Waals surface area contributed by atoms with Gasteiger partial charge in [-0.15, -0.1) is 0 Å². The largest absolute Gasteiger partial charge is 0.469 e. The molecule has 0 atom stereocenters. The van der Waals surface area contributed by atoms with E-state index in [1.807, 2.05) is 30.3 Å². The number of fused-ring (bicyclic) bond motifs is 1. The van der Waals surface area contributed by atoms with Crippen molar-refractivity contribution in [2.45, 2.75) is 44.2 Å². The molecule has 1 aliphatic rings. The highest BCUT2D eigenvalue weighted by Gasteiger charge is 2.20. The van der Waals surface area contributed by atoms with Gasteiger partial charge in [-0.3, -0.25) is 9.78 Å². The van der Waals surface area contributed by atoms with Crippen LogP contribution in [0.25, 0.3) is 10.9 Å². The van der Waals surface area contributed by atoms with Gasteiger partial charge in [-0.25, -0.2) is 0 Å². The zero-order valence-corrected chi connectivity index (χ0v) is 13.3. The van der Waals surface area contributed by atoms with Gasteiger partial charge in [0.2, 0.25) is 0 Å². The highest BCUT2D eigenvalue weighted by molar-refractivity contribution is 5.92. The molecule has 2 aromatic rings. The Kier molecular flexibility index (Phi) is 4.76. The zero-order chi connectivity index (χ0) is 16.2. The first-order valence-electron chi connectivity index (χ1n) is 8.06. The number of hydrogen-bond acceptors (Lipinski definition) is 5. The molecule has 1 heterocycles. The maximum absolute atomic E-state index is 11.5. The average molecular weight is 314 g/mol. The first-order chi connectivity index (χ1) is 11.2. The molecule has 2 N–H and O–H groups in total. The van der Waals surface area contributed by atoms with Gasteiger partial charge in [-0.1, -0.05) is 18.2 Å². The number of ether oxygens (including phenoxy) is 1. The normalized spacial score (nSPS) is 21.1. The lowest BCUT2D eigenvalue weighted by Crippen LogP contribution is -2.28. The van der Waals surface area contributed by atoms with Gasteiger partial charge in [0.1, 0.15) is 0 Å². The number of benzene rings is 1. The average Bonchev–Trinajstić information content (AvgIpc) is 2.57. The number of rotatable bonds is 4. The van der Waals surface area contributed by atoms with E-state index in [1.165, 1.54) is 7.11 Å². The number of aliphatic hydroxyl groups is 1. The predicted molar refractivity (Wildman–Crippen MR) is 89.3 cm³/mol. The molecule has 23 heavy (non-hydrogen) atoms. The minimum absolute atomic E-state index is 0.166. The standard InChI is InChI=1S/C18H22N2O3/c1-23-18(22)11-13-10-17(15-4-2-3-5-16(15)20-13)19-12-6-8-14(21)9-7-12/h2-5,10,12,14,21H,6-9,11H2,1H3,(H,19,20). The van der Waals surface area contributed by atoms with Crippen LogP contribution in [0.15, 0.2) is 30.3 Å². The third-order valence-electron chi connectivity index (χ3n) is 4.38. The molecule has 5 heteroatoms. The van der Waals surface area contributed by atoms with E-state index in [4.69, 9.17) is 4.74 Å². The summed E-state index contributed by atoms with van der Waals surface area (Å²) in [4.78, 5) is 16.1. The van der Waals surface area contributed by atoms with E-state index in [1.54, 1.807) is 0 Å². The molecule has 0 radical (unpaired) electrons. The molecule has 0 amide bonds. The van der Waals surface area contributed by atoms with Crippen molar-refractivity contribution in [3.63, 3.8) is 0 Å². The number of carbonyl (C=O) groups is 1. The third kappa shape index (κ3) is 3.79. The van der Waals surface area contributed by atoms with Crippen molar-refractivity contribution in [2.24, 2.45) is 0 Å². The SMILES string of the molecule is COC(=O)Cc1cc(NC2CCC(O)CC2)c2ccccc2n1. The maximum Gasteiger partial charge on any atom is 0.311 e. The number of methoxy groups -OCH3 is 1. The number of para-hydroxylation sites is 1. The van der Waals surface area contributed by atoms with Crippen molar-refractivity contribution in [3.8, 4) is 0 Å². The summed E-state index contributed by atoms with van der Waals surface area (Å²) in [6, 6.07) is 10.2. The lowest BCUT2D eigenvalue weighted by atomic mass is 9.93. The first-order valence-corrected chi connectivity index (χ1v) is 8.06. The summed E-state index contributed by atoms with van der Waals surface area (Å²) in [5.41, 5.74) is 2.57. The Bertz CT molecular complexity index is 694. The molecule has 1 aromatic carbocycles. The molecular formula is C18H22N2O3. The number of nitrogens with zero attached hydrogens (tertiary/aromatic N) is 1. The van der Waals surface area contributed by atoms with Crippen molar-refractivity contribution in [3.05, 3.63) is 36.0 Å². The van der Waals surface area contributed by atoms with Gasteiger partial charge >= 0.3 is 5.97 Å². The fourth-order valence-corrected chi connectivity index (χ4v) is 3.10. The second-order valence-electron chi connectivity index (χ2n) is 6.08. The van der Waals surface area contributed by atoms with Gasteiger partial charge in [-0.05, 0) is 37.8 Å². The van der Waals surface area contributed by atoms with Gasteiger partial charge in [0.25, 0.3) is 0 Å². The smallest absolute Gasteiger partial charge is 0.311 e. The van der Waals surface area contributed by atoms with Crippen LogP contribution >= 0.6 is 0 Å². The molecule has 0 bridgehead atoms. The lowest BCUT2D eigenvalue weighted by Gasteiger charge is -2.27. The van der Waals surface area contributed by atoms with Crippen LogP contribution in [0.3, 0.4) is 0 Å². The van der Waals surface area contributed by atoms with Crippen LogP contribution in [0, 0.1) is 0 Å². The fraction of sp³-hybridized carbons (Fsp3) is 0.444. The Labute approximate surface area is 135 Å². The topological polar surface area (TPSA) is 71.5 Å². The monoisotopic (exact) mass is 314 g/mol. The number of nitrogens with one attached hydrogen (secondary N) is 1. The molecule has 1 saturated carbocycles. The van der Waals surface area contributed by atoms with Crippen LogP contribution in [0.4, 0.5) is 5.69 Å². The quantitative estimate of drug-likeness (QED) is 0.849. The Morgan fingerprint density at radius 1 is 1.30 bits per heavy atom. The molecule has 0 aliphatic heterocycles. The minimum Gasteiger partial charge on any atom is -0.469 e. The lowest BCUT2D eigenvalue weighted by molar-refractivity contribution is -0.139. The number of anilines is 1. The van der Waals surface area contributed by atoms with Gasteiger partial charge in [0.15, 0.2) is 0 Å². The van der Waals surface area contributed by atoms with Crippen LogP contribution in [0.2, 0.25) is 0 Å². The van der Waals surface area contributed by atoms with Gasteiger partial charge < -0.3 is 15.2 Å². The van der Waals surface area contributed by atoms with Crippen molar-refractivity contribution in [2.75, 3.05) is 12.4 Å². The highest BCUT2D eigenvalue weighted by Crippen LogP contribution is 2.28. The van der Waals surface area contributed by atoms with E-state index in [9.17, 15) is 9.90 Å². The van der Waals surface area contributed by atoms with E-state index in [-0.39, 0.29) is 18.5 Å². The molecule has 1 fully saturated rings. The fourth-order valence-electron chi connectivity index (χ4n) is 3.10. The summed E-state index contributed by atoms with van der Waals surface area (Å²) < 4.78 is 4.74. The highest BCUT2D eigenvalue weighted by atomic mass is 16.5. The van der Waals surface area contributed by atoms with Crippen LogP contribution in [-0.2, 0) is 16.0 Å². The number of esters is 1. The number of aliphatic hydroxyl groups excluding tert-OH is 1. The van der Waals surface area contributed by atoms with Gasteiger partial charge in [0.05, 0.1) is 30.8 Å². The van der Waals surface area contributed by atoms with E-state index in [0.717, 1.165) is 42.3 Å². The third-order valence-corrected chi connectivity index (χ3v) is 4.38. The number of hydrogen-bond donors (Lipinski definition) is 2. The Morgan fingerprint density at radius 2 is 2.04 bits per heavy atom. The predicted octanol–water partition coefficient (Wildman–Crippen LogP) is 2.67. The molecule has 122 valence electrons. The van der Waals surface area contributed by atoms with E-state index >= 15 is 0 Å². The Balaban J connectivity index is 1.88. The molecule has 1 aliphatic carbocycles. The summed E-state index contributed by atoms with van der Waals surface area (Å²) >= 11 is 0. The van der Waals surface area contributed by atoms with Crippen LogP contribution in [-0.4, -0.2) is 35.3 Å². The molecule has 0 saturated heterocycles. The van der Waals surface area contributed by atoms with E-state index in [2.05, 4.69) is 10.3 Å². The summed E-state index contributed by atoms with van der Waals surface area (Å²) in [7, 11) is 1.38. The Morgan fingerprint density at radius 3 is 2.78 bits per heavy atom. The Hall–Kier alpha value is -2.14. The first kappa shape index (κ1) is 15.7. The van der Waals surface area contributed by atoms with Crippen molar-refractivity contribution < 1.29 is 14.6 Å².